The quantitative estimate of drug-likeness (QED) is 0.609. The zero-order chi connectivity index (χ0) is 18.5. The molecule has 1 aliphatic carbocycles. The van der Waals surface area contributed by atoms with Crippen molar-refractivity contribution in [2.45, 2.75) is 25.7 Å². The highest BCUT2D eigenvalue weighted by atomic mass is 16.5. The Morgan fingerprint density at radius 3 is 2.50 bits per heavy atom. The summed E-state index contributed by atoms with van der Waals surface area (Å²) in [7, 11) is 4.63. The number of aromatic amines is 1. The molecule has 0 atom stereocenters. The molecule has 2 aromatic rings. The molecule has 0 saturated heterocycles. The molecule has 8 nitrogen and oxygen atoms in total. The van der Waals surface area contributed by atoms with Gasteiger partial charge in [-0.3, -0.25) is 9.89 Å². The second-order valence-electron chi connectivity index (χ2n) is 5.89. The molecule has 3 rings (SSSR count). The molecule has 2 N–H and O–H groups in total. The number of nitrogens with one attached hydrogen (secondary N) is 2. The highest BCUT2D eigenvalue weighted by Gasteiger charge is 2.21. The molecule has 1 aromatic heterocycles. The monoisotopic (exact) mass is 358 g/mol. The van der Waals surface area contributed by atoms with Crippen LogP contribution in [0.25, 0.3) is 0 Å². The molecule has 0 spiro atoms. The standard InChI is InChI=1S/C18H22N4O4/c1-24-14-8-11(9-15(25-2)17(14)26-3)10-19-22-18(23)16-12-6-4-5-7-13(12)20-21-16/h8-10H,4-7H2,1-3H3,(H,20,21)(H,22,23)/b19-10-. The van der Waals surface area contributed by atoms with Gasteiger partial charge < -0.3 is 14.2 Å². The maximum atomic E-state index is 12.3. The summed E-state index contributed by atoms with van der Waals surface area (Å²) in [5, 5.41) is 11.1. The number of aryl methyl sites for hydroxylation is 1. The topological polar surface area (TPSA) is 97.8 Å². The Morgan fingerprint density at radius 2 is 1.85 bits per heavy atom. The van der Waals surface area contributed by atoms with Crippen molar-refractivity contribution in [3.63, 3.8) is 0 Å². The number of carbonyl (C=O) groups is 1. The van der Waals surface area contributed by atoms with Gasteiger partial charge in [0, 0.05) is 16.8 Å². The molecule has 0 fully saturated rings. The van der Waals surface area contributed by atoms with E-state index in [1.54, 1.807) is 33.5 Å². The third-order valence-electron chi connectivity index (χ3n) is 4.34. The number of benzene rings is 1. The van der Waals surface area contributed by atoms with Crippen molar-refractivity contribution in [2.75, 3.05) is 21.3 Å². The number of amides is 1. The number of fused-ring (bicyclic) bond motifs is 1. The van der Waals surface area contributed by atoms with E-state index in [1.807, 2.05) is 0 Å². The van der Waals surface area contributed by atoms with Crippen molar-refractivity contribution in [2.24, 2.45) is 5.10 Å². The van der Waals surface area contributed by atoms with Gasteiger partial charge in [-0.05, 0) is 37.8 Å². The van der Waals surface area contributed by atoms with Crippen LogP contribution in [-0.2, 0) is 12.8 Å². The summed E-state index contributed by atoms with van der Waals surface area (Å²) in [6, 6.07) is 3.49. The maximum Gasteiger partial charge on any atom is 0.292 e. The summed E-state index contributed by atoms with van der Waals surface area (Å²) in [6.45, 7) is 0. The lowest BCUT2D eigenvalue weighted by Gasteiger charge is -2.12. The Kier molecular flexibility index (Phi) is 5.40. The second-order valence-corrected chi connectivity index (χ2v) is 5.89. The summed E-state index contributed by atoms with van der Waals surface area (Å²) < 4.78 is 15.9. The lowest BCUT2D eigenvalue weighted by atomic mass is 9.96. The number of carbonyl (C=O) groups excluding carboxylic acids is 1. The lowest BCUT2D eigenvalue weighted by molar-refractivity contribution is 0.0949. The van der Waals surface area contributed by atoms with Crippen LogP contribution in [-0.4, -0.2) is 43.6 Å². The van der Waals surface area contributed by atoms with Crippen LogP contribution in [0.4, 0.5) is 0 Å². The van der Waals surface area contributed by atoms with Gasteiger partial charge in [-0.1, -0.05) is 0 Å². The average molecular weight is 358 g/mol. The van der Waals surface area contributed by atoms with Crippen LogP contribution < -0.4 is 19.6 Å². The molecule has 0 saturated carbocycles. The van der Waals surface area contributed by atoms with Gasteiger partial charge in [-0.15, -0.1) is 0 Å². The van der Waals surface area contributed by atoms with Crippen molar-refractivity contribution in [3.05, 3.63) is 34.6 Å². The molecular weight excluding hydrogens is 336 g/mol. The van der Waals surface area contributed by atoms with Gasteiger partial charge in [-0.25, -0.2) is 5.43 Å². The highest BCUT2D eigenvalue weighted by Crippen LogP contribution is 2.37. The highest BCUT2D eigenvalue weighted by molar-refractivity contribution is 5.94. The number of hydrogen-bond donors (Lipinski definition) is 2. The number of hydrogen-bond acceptors (Lipinski definition) is 6. The number of nitrogens with zero attached hydrogens (tertiary/aromatic N) is 2. The lowest BCUT2D eigenvalue weighted by Crippen LogP contribution is -2.20. The largest absolute Gasteiger partial charge is 0.493 e. The number of hydrazone groups is 1. The molecule has 0 radical (unpaired) electrons. The van der Waals surface area contributed by atoms with Crippen molar-refractivity contribution in [3.8, 4) is 17.2 Å². The van der Waals surface area contributed by atoms with Crippen molar-refractivity contribution >= 4 is 12.1 Å². The molecule has 1 heterocycles. The maximum absolute atomic E-state index is 12.3. The predicted molar refractivity (Wildman–Crippen MR) is 96.4 cm³/mol. The Balaban J connectivity index is 1.74. The van der Waals surface area contributed by atoms with Crippen LogP contribution in [0.5, 0.6) is 17.2 Å². The molecule has 0 unspecified atom stereocenters. The molecule has 26 heavy (non-hydrogen) atoms. The third kappa shape index (κ3) is 3.49. The molecule has 1 amide bonds. The average Bonchev–Trinajstić information content (AvgIpc) is 3.11. The van der Waals surface area contributed by atoms with Crippen LogP contribution in [0.1, 0.15) is 40.2 Å². The molecule has 8 heteroatoms. The van der Waals surface area contributed by atoms with E-state index >= 15 is 0 Å². The number of aromatic nitrogens is 2. The van der Waals surface area contributed by atoms with Gasteiger partial charge in [0.1, 0.15) is 0 Å². The summed E-state index contributed by atoms with van der Waals surface area (Å²) >= 11 is 0. The fourth-order valence-electron chi connectivity index (χ4n) is 3.06. The van der Waals surface area contributed by atoms with Crippen molar-refractivity contribution in [1.82, 2.24) is 15.6 Å². The number of ether oxygens (including phenoxy) is 3. The first kappa shape index (κ1) is 17.8. The van der Waals surface area contributed by atoms with E-state index in [0.717, 1.165) is 36.9 Å². The van der Waals surface area contributed by atoms with Crippen molar-refractivity contribution < 1.29 is 19.0 Å². The van der Waals surface area contributed by atoms with E-state index in [0.29, 0.717) is 28.5 Å². The van der Waals surface area contributed by atoms with Crippen molar-refractivity contribution in [1.29, 1.82) is 0 Å². The number of rotatable bonds is 6. The van der Waals surface area contributed by atoms with Crippen LogP contribution in [0.15, 0.2) is 17.2 Å². The fourth-order valence-corrected chi connectivity index (χ4v) is 3.06. The van der Waals surface area contributed by atoms with E-state index in [1.165, 1.54) is 6.21 Å². The van der Waals surface area contributed by atoms with Gasteiger partial charge in [0.15, 0.2) is 17.2 Å². The van der Waals surface area contributed by atoms with E-state index in [4.69, 9.17) is 14.2 Å². The summed E-state index contributed by atoms with van der Waals surface area (Å²) in [5.41, 5.74) is 5.69. The first-order chi connectivity index (χ1) is 12.7. The first-order valence-corrected chi connectivity index (χ1v) is 8.37. The first-order valence-electron chi connectivity index (χ1n) is 8.37. The van der Waals surface area contributed by atoms with Gasteiger partial charge in [0.25, 0.3) is 5.91 Å². The summed E-state index contributed by atoms with van der Waals surface area (Å²) in [6.07, 6.45) is 5.51. The second kappa shape index (κ2) is 7.90. The van der Waals surface area contributed by atoms with Crippen LogP contribution >= 0.6 is 0 Å². The normalized spacial score (nSPS) is 13.3. The van der Waals surface area contributed by atoms with E-state index in [-0.39, 0.29) is 5.91 Å². The predicted octanol–water partition coefficient (Wildman–Crippen LogP) is 2.08. The Hall–Kier alpha value is -3.03. The van der Waals surface area contributed by atoms with Gasteiger partial charge >= 0.3 is 0 Å². The third-order valence-corrected chi connectivity index (χ3v) is 4.34. The van der Waals surface area contributed by atoms with Gasteiger partial charge in [0.2, 0.25) is 5.75 Å². The Labute approximate surface area is 151 Å². The Bertz CT molecular complexity index is 804. The zero-order valence-corrected chi connectivity index (χ0v) is 15.1. The van der Waals surface area contributed by atoms with Gasteiger partial charge in [0.05, 0.1) is 27.5 Å². The molecular formula is C18H22N4O4. The molecule has 1 aromatic carbocycles. The summed E-state index contributed by atoms with van der Waals surface area (Å²) in [4.78, 5) is 12.3. The molecule has 0 aliphatic heterocycles. The molecule has 1 aliphatic rings. The minimum atomic E-state index is -0.326. The van der Waals surface area contributed by atoms with E-state index in [9.17, 15) is 4.79 Å². The van der Waals surface area contributed by atoms with Crippen LogP contribution in [0.2, 0.25) is 0 Å². The zero-order valence-electron chi connectivity index (χ0n) is 15.1. The minimum Gasteiger partial charge on any atom is -0.493 e. The number of methoxy groups -OCH3 is 3. The molecule has 0 bridgehead atoms. The smallest absolute Gasteiger partial charge is 0.292 e. The van der Waals surface area contributed by atoms with Crippen LogP contribution in [0, 0.1) is 0 Å². The van der Waals surface area contributed by atoms with Gasteiger partial charge in [-0.2, -0.15) is 10.2 Å². The number of H-pyrrole nitrogens is 1. The molecule has 138 valence electrons. The summed E-state index contributed by atoms with van der Waals surface area (Å²) in [5.74, 6) is 1.20. The van der Waals surface area contributed by atoms with E-state index < -0.39 is 0 Å². The van der Waals surface area contributed by atoms with Crippen LogP contribution in [0.3, 0.4) is 0 Å². The van der Waals surface area contributed by atoms with E-state index in [2.05, 4.69) is 20.7 Å². The fraction of sp³-hybridized carbons (Fsp3) is 0.389. The Morgan fingerprint density at radius 1 is 1.15 bits per heavy atom. The minimum absolute atomic E-state index is 0.326. The SMILES string of the molecule is COc1cc(/C=N\NC(=O)c2n[nH]c3c2CCCC3)cc(OC)c1OC.